The van der Waals surface area contributed by atoms with Crippen LogP contribution in [-0.4, -0.2) is 27.1 Å². The van der Waals surface area contributed by atoms with E-state index in [9.17, 15) is 4.79 Å². The molecule has 3 N–H and O–H groups in total. The van der Waals surface area contributed by atoms with Crippen LogP contribution in [0, 0.1) is 0 Å². The highest BCUT2D eigenvalue weighted by Crippen LogP contribution is 2.27. The quantitative estimate of drug-likeness (QED) is 0.625. The number of aromatic amines is 1. The number of rotatable bonds is 6. The zero-order chi connectivity index (χ0) is 18.5. The highest BCUT2D eigenvalue weighted by Gasteiger charge is 2.16. The van der Waals surface area contributed by atoms with Crippen LogP contribution in [0.3, 0.4) is 0 Å². The average Bonchev–Trinajstić information content (AvgIpc) is 3.04. The van der Waals surface area contributed by atoms with Gasteiger partial charge in [0.2, 0.25) is 0 Å². The maximum Gasteiger partial charge on any atom is 0.256 e. The third kappa shape index (κ3) is 3.91. The number of H-pyrrole nitrogens is 1. The van der Waals surface area contributed by atoms with Gasteiger partial charge in [0.25, 0.3) is 5.91 Å². The Kier molecular flexibility index (Phi) is 5.31. The summed E-state index contributed by atoms with van der Waals surface area (Å²) in [6, 6.07) is 11.6. The molecular weight excluding hydrogens is 326 g/mol. The highest BCUT2D eigenvalue weighted by atomic mass is 16.1. The molecule has 0 saturated carbocycles. The predicted octanol–water partition coefficient (Wildman–Crippen LogP) is 4.11. The molecule has 1 amide bonds. The van der Waals surface area contributed by atoms with E-state index in [-0.39, 0.29) is 5.91 Å². The van der Waals surface area contributed by atoms with Gasteiger partial charge < -0.3 is 10.6 Å². The molecule has 0 radical (unpaired) electrons. The summed E-state index contributed by atoms with van der Waals surface area (Å²) in [5, 5.41) is 13.6. The van der Waals surface area contributed by atoms with Crippen molar-refractivity contribution in [3.8, 4) is 11.3 Å². The van der Waals surface area contributed by atoms with Gasteiger partial charge >= 0.3 is 0 Å². The molecule has 3 aromatic rings. The molecule has 1 aromatic carbocycles. The van der Waals surface area contributed by atoms with Crippen LogP contribution in [0.1, 0.15) is 36.7 Å². The molecule has 0 fully saturated rings. The van der Waals surface area contributed by atoms with Gasteiger partial charge in [0.05, 0.1) is 5.69 Å². The van der Waals surface area contributed by atoms with Crippen LogP contribution < -0.4 is 10.6 Å². The topological polar surface area (TPSA) is 82.7 Å². The van der Waals surface area contributed by atoms with Gasteiger partial charge in [-0.15, -0.1) is 0 Å². The molecule has 26 heavy (non-hydrogen) atoms. The summed E-state index contributed by atoms with van der Waals surface area (Å²) >= 11 is 0. The predicted molar refractivity (Wildman–Crippen MR) is 104 cm³/mol. The number of nitrogens with one attached hydrogen (secondary N) is 3. The number of pyridine rings is 1. The Labute approximate surface area is 153 Å². The van der Waals surface area contributed by atoms with Gasteiger partial charge in [-0.2, -0.15) is 5.10 Å². The fourth-order valence-electron chi connectivity index (χ4n) is 2.83. The number of carbonyl (C=O) groups excluding carboxylic acids is 1. The molecule has 0 spiro atoms. The zero-order valence-corrected chi connectivity index (χ0v) is 15.2. The molecule has 134 valence electrons. The summed E-state index contributed by atoms with van der Waals surface area (Å²) < 4.78 is 0. The largest absolute Gasteiger partial charge is 0.383 e. The van der Waals surface area contributed by atoms with Crippen LogP contribution >= 0.6 is 0 Å². The van der Waals surface area contributed by atoms with E-state index in [0.29, 0.717) is 17.4 Å². The fourth-order valence-corrected chi connectivity index (χ4v) is 2.83. The molecule has 0 atom stereocenters. The van der Waals surface area contributed by atoms with Crippen molar-refractivity contribution in [2.45, 2.75) is 33.2 Å². The van der Waals surface area contributed by atoms with Crippen molar-refractivity contribution in [3.05, 3.63) is 59.9 Å². The number of benzene rings is 1. The fraction of sp³-hybridized carbons (Fsp3) is 0.250. The van der Waals surface area contributed by atoms with Crippen molar-refractivity contribution in [1.29, 1.82) is 0 Å². The van der Waals surface area contributed by atoms with Crippen molar-refractivity contribution in [2.75, 3.05) is 10.6 Å². The molecule has 6 nitrogen and oxygen atoms in total. The minimum Gasteiger partial charge on any atom is -0.383 e. The lowest BCUT2D eigenvalue weighted by Gasteiger charge is -2.11. The summed E-state index contributed by atoms with van der Waals surface area (Å²) in [6.45, 7) is 6.16. The first-order valence-electron chi connectivity index (χ1n) is 8.74. The van der Waals surface area contributed by atoms with Crippen LogP contribution in [0.15, 0.2) is 48.8 Å². The molecule has 0 aliphatic heterocycles. The monoisotopic (exact) mass is 349 g/mol. The molecule has 0 bridgehead atoms. The van der Waals surface area contributed by atoms with Crippen molar-refractivity contribution in [1.82, 2.24) is 15.2 Å². The van der Waals surface area contributed by atoms with E-state index in [1.54, 1.807) is 18.5 Å². The van der Waals surface area contributed by atoms with Gasteiger partial charge in [-0.05, 0) is 50.6 Å². The van der Waals surface area contributed by atoms with E-state index >= 15 is 0 Å². The summed E-state index contributed by atoms with van der Waals surface area (Å²) in [4.78, 5) is 16.7. The molecule has 0 aliphatic carbocycles. The number of hydrogen-bond acceptors (Lipinski definition) is 4. The molecule has 2 aromatic heterocycles. The smallest absolute Gasteiger partial charge is 0.256 e. The van der Waals surface area contributed by atoms with E-state index < -0.39 is 0 Å². The number of anilines is 2. The van der Waals surface area contributed by atoms with Gasteiger partial charge in [-0.1, -0.05) is 13.0 Å². The molecule has 2 heterocycles. The summed E-state index contributed by atoms with van der Waals surface area (Å²) in [6.07, 6.45) is 4.22. The van der Waals surface area contributed by atoms with Gasteiger partial charge in [0, 0.05) is 40.8 Å². The van der Waals surface area contributed by atoms with E-state index in [1.807, 2.05) is 37.3 Å². The number of amides is 1. The third-order valence-corrected chi connectivity index (χ3v) is 4.00. The summed E-state index contributed by atoms with van der Waals surface area (Å²) in [5.74, 6) is 0.381. The lowest BCUT2D eigenvalue weighted by atomic mass is 10.1. The Morgan fingerprint density at radius 1 is 1.19 bits per heavy atom. The minimum atomic E-state index is -0.181. The number of hydrogen-bond donors (Lipinski definition) is 3. The zero-order valence-electron chi connectivity index (χ0n) is 15.2. The molecule has 0 aliphatic rings. The molecule has 6 heteroatoms. The lowest BCUT2D eigenvalue weighted by molar-refractivity contribution is 0.102. The van der Waals surface area contributed by atoms with Gasteiger partial charge in [0.15, 0.2) is 5.82 Å². The van der Waals surface area contributed by atoms with Crippen LogP contribution in [0.2, 0.25) is 0 Å². The number of carbonyl (C=O) groups is 1. The highest BCUT2D eigenvalue weighted by molar-refractivity contribution is 6.05. The Morgan fingerprint density at radius 3 is 2.65 bits per heavy atom. The normalized spacial score (nSPS) is 10.8. The first kappa shape index (κ1) is 17.7. The summed E-state index contributed by atoms with van der Waals surface area (Å²) in [5.41, 5.74) is 4.38. The number of aromatic nitrogens is 3. The second kappa shape index (κ2) is 7.82. The molecule has 0 unspecified atom stereocenters. The van der Waals surface area contributed by atoms with E-state index in [1.165, 1.54) is 0 Å². The van der Waals surface area contributed by atoms with Crippen molar-refractivity contribution < 1.29 is 4.79 Å². The van der Waals surface area contributed by atoms with E-state index in [4.69, 9.17) is 0 Å². The maximum absolute atomic E-state index is 12.7. The lowest BCUT2D eigenvalue weighted by Crippen LogP contribution is -2.15. The SMILES string of the molecule is CCc1c(NC(=O)c2cccc(NC(C)C)c2)n[nH]c1-c1ccncc1. The Morgan fingerprint density at radius 2 is 1.96 bits per heavy atom. The van der Waals surface area contributed by atoms with E-state index in [2.05, 4.69) is 39.7 Å². The molecule has 3 rings (SSSR count). The molecular formula is C20H23N5O. The Bertz CT molecular complexity index is 886. The van der Waals surface area contributed by atoms with Crippen molar-refractivity contribution in [2.24, 2.45) is 0 Å². The first-order valence-corrected chi connectivity index (χ1v) is 8.74. The Balaban J connectivity index is 1.83. The second-order valence-electron chi connectivity index (χ2n) is 6.35. The standard InChI is InChI=1S/C20H23N5O/c1-4-17-18(14-8-10-21-11-9-14)24-25-19(17)23-20(26)15-6-5-7-16(12-15)22-13(2)3/h5-13,22H,4H2,1-3H3,(H2,23,24,25,26). The van der Waals surface area contributed by atoms with Gasteiger partial charge in [0.1, 0.15) is 0 Å². The van der Waals surface area contributed by atoms with Crippen LogP contribution in [0.5, 0.6) is 0 Å². The van der Waals surface area contributed by atoms with Crippen molar-refractivity contribution >= 4 is 17.4 Å². The Hall–Kier alpha value is -3.15. The minimum absolute atomic E-state index is 0.181. The van der Waals surface area contributed by atoms with Crippen LogP contribution in [0.25, 0.3) is 11.3 Å². The maximum atomic E-state index is 12.7. The van der Waals surface area contributed by atoms with E-state index in [0.717, 1.165) is 28.9 Å². The van der Waals surface area contributed by atoms with Crippen molar-refractivity contribution in [3.63, 3.8) is 0 Å². The van der Waals surface area contributed by atoms with Gasteiger partial charge in [-0.3, -0.25) is 14.9 Å². The van der Waals surface area contributed by atoms with Crippen LogP contribution in [0.4, 0.5) is 11.5 Å². The second-order valence-corrected chi connectivity index (χ2v) is 6.35. The van der Waals surface area contributed by atoms with Gasteiger partial charge in [-0.25, -0.2) is 0 Å². The summed E-state index contributed by atoms with van der Waals surface area (Å²) in [7, 11) is 0. The molecule has 0 saturated heterocycles. The third-order valence-electron chi connectivity index (χ3n) is 4.00. The number of nitrogens with zero attached hydrogens (tertiary/aromatic N) is 2. The van der Waals surface area contributed by atoms with Crippen LogP contribution in [-0.2, 0) is 6.42 Å². The average molecular weight is 349 g/mol. The first-order chi connectivity index (χ1) is 12.6.